The number of nitrogens with two attached hydrogens (primary N) is 1. The maximum absolute atomic E-state index is 13.5. The van der Waals surface area contributed by atoms with Gasteiger partial charge in [0.1, 0.15) is 18.7 Å². The molecule has 1 aromatic carbocycles. The Kier molecular flexibility index (Phi) is 3.97. The highest BCUT2D eigenvalue weighted by Gasteiger charge is 2.12. The van der Waals surface area contributed by atoms with Crippen LogP contribution in [0.1, 0.15) is 24.1 Å². The summed E-state index contributed by atoms with van der Waals surface area (Å²) in [5.74, 6) is -0.414. The minimum atomic E-state index is -0.293. The van der Waals surface area contributed by atoms with Gasteiger partial charge in [-0.05, 0) is 31.0 Å². The summed E-state index contributed by atoms with van der Waals surface area (Å²) in [5.41, 5.74) is 6.64. The Morgan fingerprint density at radius 2 is 2.30 bits per heavy atom. The number of amides is 1. The molecule has 0 radical (unpaired) electrons. The Labute approximate surface area is 115 Å². The molecule has 0 aliphatic heterocycles. The molecule has 0 bridgehead atoms. The van der Waals surface area contributed by atoms with Crippen molar-refractivity contribution < 1.29 is 9.18 Å². The van der Waals surface area contributed by atoms with Gasteiger partial charge < -0.3 is 11.1 Å². The SMILES string of the molecule is Cc1ccc(C(C)NC(=O)Cn2cnc(N)n2)cc1F. The Morgan fingerprint density at radius 3 is 2.90 bits per heavy atom. The van der Waals surface area contributed by atoms with Gasteiger partial charge in [-0.25, -0.2) is 14.1 Å². The van der Waals surface area contributed by atoms with E-state index in [2.05, 4.69) is 15.4 Å². The highest BCUT2D eigenvalue weighted by Crippen LogP contribution is 2.16. The molecule has 106 valence electrons. The second kappa shape index (κ2) is 5.68. The number of carbonyl (C=O) groups excluding carboxylic acids is 1. The molecule has 6 nitrogen and oxygen atoms in total. The smallest absolute Gasteiger partial charge is 0.242 e. The van der Waals surface area contributed by atoms with E-state index in [0.717, 1.165) is 0 Å². The van der Waals surface area contributed by atoms with Gasteiger partial charge in [0.2, 0.25) is 11.9 Å². The maximum Gasteiger partial charge on any atom is 0.242 e. The van der Waals surface area contributed by atoms with Crippen LogP contribution >= 0.6 is 0 Å². The number of hydrogen-bond donors (Lipinski definition) is 2. The third kappa shape index (κ3) is 3.31. The Bertz CT molecular complexity index is 625. The molecule has 2 rings (SSSR count). The van der Waals surface area contributed by atoms with E-state index in [-0.39, 0.29) is 30.3 Å². The van der Waals surface area contributed by atoms with Crippen LogP contribution in [0.3, 0.4) is 0 Å². The van der Waals surface area contributed by atoms with E-state index in [9.17, 15) is 9.18 Å². The standard InChI is InChI=1S/C13H16FN5O/c1-8-3-4-10(5-11(8)14)9(2)17-12(20)6-19-7-16-13(15)18-19/h3-5,7,9H,6H2,1-2H3,(H2,15,18)(H,17,20). The Hall–Kier alpha value is -2.44. The zero-order valence-electron chi connectivity index (χ0n) is 11.3. The van der Waals surface area contributed by atoms with Gasteiger partial charge in [0.05, 0.1) is 6.04 Å². The molecular formula is C13H16FN5O. The molecular weight excluding hydrogens is 261 g/mol. The van der Waals surface area contributed by atoms with Gasteiger partial charge in [0, 0.05) is 0 Å². The number of nitrogens with one attached hydrogen (secondary N) is 1. The van der Waals surface area contributed by atoms with Crippen molar-refractivity contribution in [2.45, 2.75) is 26.4 Å². The molecule has 1 heterocycles. The monoisotopic (exact) mass is 277 g/mol. The molecule has 1 atom stereocenters. The molecule has 0 aliphatic rings. The maximum atomic E-state index is 13.5. The van der Waals surface area contributed by atoms with Crippen LogP contribution in [0.2, 0.25) is 0 Å². The lowest BCUT2D eigenvalue weighted by molar-refractivity contribution is -0.122. The van der Waals surface area contributed by atoms with Crippen molar-refractivity contribution in [3.63, 3.8) is 0 Å². The van der Waals surface area contributed by atoms with Crippen LogP contribution in [0.25, 0.3) is 0 Å². The lowest BCUT2D eigenvalue weighted by atomic mass is 10.1. The molecule has 2 aromatic rings. The number of rotatable bonds is 4. The predicted octanol–water partition coefficient (Wildman–Crippen LogP) is 1.19. The molecule has 1 unspecified atom stereocenters. The van der Waals surface area contributed by atoms with E-state index in [4.69, 9.17) is 5.73 Å². The minimum absolute atomic E-state index is 0.0167. The summed E-state index contributed by atoms with van der Waals surface area (Å²) in [4.78, 5) is 15.6. The van der Waals surface area contributed by atoms with Crippen LogP contribution < -0.4 is 11.1 Å². The fourth-order valence-corrected chi connectivity index (χ4v) is 1.78. The van der Waals surface area contributed by atoms with Gasteiger partial charge in [-0.1, -0.05) is 12.1 Å². The average Bonchev–Trinajstić information content (AvgIpc) is 2.77. The number of carbonyl (C=O) groups is 1. The second-order valence-corrected chi connectivity index (χ2v) is 4.60. The zero-order chi connectivity index (χ0) is 14.7. The number of benzene rings is 1. The Morgan fingerprint density at radius 1 is 1.55 bits per heavy atom. The molecule has 7 heteroatoms. The van der Waals surface area contributed by atoms with Crippen LogP contribution in [0.15, 0.2) is 24.5 Å². The normalized spacial score (nSPS) is 12.2. The third-order valence-corrected chi connectivity index (χ3v) is 2.93. The van der Waals surface area contributed by atoms with Crippen LogP contribution in [-0.4, -0.2) is 20.7 Å². The summed E-state index contributed by atoms with van der Waals surface area (Å²) in [5, 5.41) is 6.58. The van der Waals surface area contributed by atoms with Crippen LogP contribution in [-0.2, 0) is 11.3 Å². The van der Waals surface area contributed by atoms with Gasteiger partial charge in [-0.2, -0.15) is 0 Å². The van der Waals surface area contributed by atoms with Crippen molar-refractivity contribution in [2.75, 3.05) is 5.73 Å². The number of halogens is 1. The largest absolute Gasteiger partial charge is 0.367 e. The number of hydrogen-bond acceptors (Lipinski definition) is 4. The Balaban J connectivity index is 1.98. The molecule has 0 aliphatic carbocycles. The van der Waals surface area contributed by atoms with E-state index in [1.54, 1.807) is 26.0 Å². The number of anilines is 1. The molecule has 3 N–H and O–H groups in total. The first kappa shape index (κ1) is 14.0. The summed E-state index contributed by atoms with van der Waals surface area (Å²) in [6.07, 6.45) is 1.38. The fourth-order valence-electron chi connectivity index (χ4n) is 1.78. The first-order valence-electron chi connectivity index (χ1n) is 6.16. The highest BCUT2D eigenvalue weighted by atomic mass is 19.1. The van der Waals surface area contributed by atoms with Crippen LogP contribution in [0, 0.1) is 12.7 Å². The van der Waals surface area contributed by atoms with Crippen molar-refractivity contribution >= 4 is 11.9 Å². The summed E-state index contributed by atoms with van der Waals surface area (Å²) in [6.45, 7) is 3.50. The number of aryl methyl sites for hydroxylation is 1. The quantitative estimate of drug-likeness (QED) is 0.878. The van der Waals surface area contributed by atoms with E-state index in [1.807, 2.05) is 0 Å². The predicted molar refractivity (Wildman–Crippen MR) is 72.1 cm³/mol. The summed E-state index contributed by atoms with van der Waals surface area (Å²) < 4.78 is 14.8. The second-order valence-electron chi connectivity index (χ2n) is 4.60. The van der Waals surface area contributed by atoms with Gasteiger partial charge >= 0.3 is 0 Å². The lowest BCUT2D eigenvalue weighted by Gasteiger charge is -2.14. The minimum Gasteiger partial charge on any atom is -0.367 e. The van der Waals surface area contributed by atoms with Crippen molar-refractivity contribution in [2.24, 2.45) is 0 Å². The molecule has 0 saturated heterocycles. The molecule has 0 saturated carbocycles. The van der Waals surface area contributed by atoms with Gasteiger partial charge in [-0.3, -0.25) is 4.79 Å². The molecule has 20 heavy (non-hydrogen) atoms. The van der Waals surface area contributed by atoms with Crippen molar-refractivity contribution in [1.29, 1.82) is 0 Å². The molecule has 0 fully saturated rings. The molecule has 0 spiro atoms. The van der Waals surface area contributed by atoms with Crippen LogP contribution in [0.5, 0.6) is 0 Å². The van der Waals surface area contributed by atoms with Crippen molar-refractivity contribution in [3.8, 4) is 0 Å². The number of aromatic nitrogens is 3. The highest BCUT2D eigenvalue weighted by molar-refractivity contribution is 5.76. The summed E-state index contributed by atoms with van der Waals surface area (Å²) >= 11 is 0. The van der Waals surface area contributed by atoms with E-state index in [1.165, 1.54) is 17.1 Å². The van der Waals surface area contributed by atoms with E-state index in [0.29, 0.717) is 11.1 Å². The van der Waals surface area contributed by atoms with Gasteiger partial charge in [0.25, 0.3) is 0 Å². The molecule has 1 aromatic heterocycles. The van der Waals surface area contributed by atoms with Crippen LogP contribution in [0.4, 0.5) is 10.3 Å². The lowest BCUT2D eigenvalue weighted by Crippen LogP contribution is -2.30. The first-order chi connectivity index (χ1) is 9.45. The molecule has 1 amide bonds. The first-order valence-corrected chi connectivity index (χ1v) is 6.16. The summed E-state index contributed by atoms with van der Waals surface area (Å²) in [6, 6.07) is 4.61. The average molecular weight is 277 g/mol. The number of nitrogen functional groups attached to an aromatic ring is 1. The van der Waals surface area contributed by atoms with E-state index < -0.39 is 0 Å². The topological polar surface area (TPSA) is 85.8 Å². The van der Waals surface area contributed by atoms with Gasteiger partial charge in [0.15, 0.2) is 0 Å². The number of nitrogens with zero attached hydrogens (tertiary/aromatic N) is 3. The van der Waals surface area contributed by atoms with E-state index >= 15 is 0 Å². The summed E-state index contributed by atoms with van der Waals surface area (Å²) in [7, 11) is 0. The third-order valence-electron chi connectivity index (χ3n) is 2.93. The zero-order valence-corrected chi connectivity index (χ0v) is 11.3. The fraction of sp³-hybridized carbons (Fsp3) is 0.308. The van der Waals surface area contributed by atoms with Crippen molar-refractivity contribution in [1.82, 2.24) is 20.1 Å². The van der Waals surface area contributed by atoms with Gasteiger partial charge in [-0.15, -0.1) is 5.10 Å². The van der Waals surface area contributed by atoms with Crippen molar-refractivity contribution in [3.05, 3.63) is 41.5 Å².